The molecule has 0 radical (unpaired) electrons. The van der Waals surface area contributed by atoms with Gasteiger partial charge in [-0.3, -0.25) is 9.59 Å². The molecule has 4 heterocycles. The van der Waals surface area contributed by atoms with Gasteiger partial charge in [-0.2, -0.15) is 0 Å². The van der Waals surface area contributed by atoms with E-state index in [-0.39, 0.29) is 17.9 Å². The van der Waals surface area contributed by atoms with Gasteiger partial charge in [0, 0.05) is 43.3 Å². The van der Waals surface area contributed by atoms with E-state index in [1.165, 1.54) is 0 Å². The number of fused-ring (bicyclic) bond motifs is 2. The highest BCUT2D eigenvalue weighted by Crippen LogP contribution is 2.27. The zero-order valence-corrected chi connectivity index (χ0v) is 16.6. The monoisotopic (exact) mass is 391 g/mol. The maximum atomic E-state index is 13.1. The summed E-state index contributed by atoms with van der Waals surface area (Å²) >= 11 is 0. The van der Waals surface area contributed by atoms with E-state index in [9.17, 15) is 9.59 Å². The minimum atomic E-state index is -0.140. The highest BCUT2D eigenvalue weighted by molar-refractivity contribution is 5.98. The van der Waals surface area contributed by atoms with Crippen molar-refractivity contribution in [3.05, 3.63) is 53.7 Å². The normalized spacial score (nSPS) is 19.0. The van der Waals surface area contributed by atoms with Crippen LogP contribution in [0, 0.1) is 0 Å². The fourth-order valence-corrected chi connectivity index (χ4v) is 4.49. The van der Waals surface area contributed by atoms with Crippen LogP contribution in [0.4, 0.5) is 0 Å². The molecule has 0 saturated carbocycles. The van der Waals surface area contributed by atoms with Gasteiger partial charge >= 0.3 is 0 Å². The van der Waals surface area contributed by atoms with Gasteiger partial charge in [-0.25, -0.2) is 4.98 Å². The maximum absolute atomic E-state index is 13.1. The quantitative estimate of drug-likeness (QED) is 0.746. The smallest absolute Gasteiger partial charge is 0.270 e. The molecule has 2 aliphatic rings. The first-order valence-electron chi connectivity index (χ1n) is 10.3. The van der Waals surface area contributed by atoms with E-state index < -0.39 is 0 Å². The molecule has 29 heavy (non-hydrogen) atoms. The Morgan fingerprint density at radius 3 is 2.72 bits per heavy atom. The summed E-state index contributed by atoms with van der Waals surface area (Å²) in [6.45, 7) is 5.03. The van der Waals surface area contributed by atoms with Crippen LogP contribution >= 0.6 is 0 Å². The number of H-pyrrole nitrogens is 1. The number of hydrogen-bond acceptors (Lipinski definition) is 3. The van der Waals surface area contributed by atoms with Gasteiger partial charge in [0.05, 0.1) is 18.2 Å². The van der Waals surface area contributed by atoms with Crippen molar-refractivity contribution in [3.63, 3.8) is 0 Å². The molecule has 1 N–H and O–H groups in total. The molecular formula is C22H25N5O2. The van der Waals surface area contributed by atoms with Crippen LogP contribution in [0.1, 0.15) is 47.8 Å². The molecule has 1 fully saturated rings. The fraction of sp³-hybridized carbons (Fsp3) is 0.409. The zero-order chi connectivity index (χ0) is 20.0. The Kier molecular flexibility index (Phi) is 4.38. The predicted molar refractivity (Wildman–Crippen MR) is 109 cm³/mol. The maximum Gasteiger partial charge on any atom is 0.270 e. The molecule has 150 valence electrons. The standard InChI is InChI=1S/C22H25N5O2/c1-15-21-23-17(13-20(28)25-8-4-5-9-25)14-26(21)10-11-27(15)22(29)19-12-16-6-2-3-7-18(16)24-19/h2-3,6-7,12,14-15,24H,4-5,8-11,13H2,1H3/t15-/m0/s1. The Bertz CT molecular complexity index is 1040. The van der Waals surface area contributed by atoms with E-state index in [0.717, 1.165) is 48.4 Å². The average Bonchev–Trinajstić information content (AvgIpc) is 3.46. The number of hydrogen-bond donors (Lipinski definition) is 1. The molecular weight excluding hydrogens is 366 g/mol. The number of aromatic nitrogens is 3. The van der Waals surface area contributed by atoms with Gasteiger partial charge in [-0.05, 0) is 31.9 Å². The number of carbonyl (C=O) groups is 2. The van der Waals surface area contributed by atoms with Crippen molar-refractivity contribution in [2.45, 2.75) is 38.8 Å². The van der Waals surface area contributed by atoms with Crippen LogP contribution in [0.5, 0.6) is 0 Å². The lowest BCUT2D eigenvalue weighted by Gasteiger charge is -2.33. The summed E-state index contributed by atoms with van der Waals surface area (Å²) in [5.74, 6) is 0.985. The van der Waals surface area contributed by atoms with E-state index in [0.29, 0.717) is 25.2 Å². The number of amides is 2. The number of likely N-dealkylation sites (tertiary alicyclic amines) is 1. The lowest BCUT2D eigenvalue weighted by molar-refractivity contribution is -0.129. The zero-order valence-electron chi connectivity index (χ0n) is 16.6. The summed E-state index contributed by atoms with van der Waals surface area (Å²) in [6, 6.07) is 9.67. The molecule has 7 nitrogen and oxygen atoms in total. The lowest BCUT2D eigenvalue weighted by atomic mass is 10.2. The molecule has 0 unspecified atom stereocenters. The minimum Gasteiger partial charge on any atom is -0.351 e. The molecule has 3 aromatic rings. The van der Waals surface area contributed by atoms with Crippen LogP contribution in [-0.4, -0.2) is 55.8 Å². The van der Waals surface area contributed by atoms with Crippen LogP contribution in [0.2, 0.25) is 0 Å². The van der Waals surface area contributed by atoms with E-state index in [4.69, 9.17) is 4.98 Å². The summed E-state index contributed by atoms with van der Waals surface area (Å²) in [5, 5.41) is 1.03. The average molecular weight is 391 g/mol. The van der Waals surface area contributed by atoms with Crippen LogP contribution in [0.3, 0.4) is 0 Å². The number of benzene rings is 1. The van der Waals surface area contributed by atoms with Crippen molar-refractivity contribution in [2.75, 3.05) is 19.6 Å². The van der Waals surface area contributed by atoms with Crippen LogP contribution < -0.4 is 0 Å². The topological polar surface area (TPSA) is 74.2 Å². The molecule has 0 bridgehead atoms. The summed E-state index contributed by atoms with van der Waals surface area (Å²) in [6.07, 6.45) is 4.49. The lowest BCUT2D eigenvalue weighted by Crippen LogP contribution is -2.41. The Hall–Kier alpha value is -3.09. The molecule has 5 rings (SSSR count). The van der Waals surface area contributed by atoms with Crippen LogP contribution in [0.25, 0.3) is 10.9 Å². The molecule has 1 saturated heterocycles. The third-order valence-corrected chi connectivity index (χ3v) is 6.09. The van der Waals surface area contributed by atoms with Crippen molar-refractivity contribution in [1.82, 2.24) is 24.3 Å². The second-order valence-corrected chi connectivity index (χ2v) is 7.99. The van der Waals surface area contributed by atoms with Gasteiger partial charge in [0.25, 0.3) is 5.91 Å². The van der Waals surface area contributed by atoms with Gasteiger partial charge in [0.1, 0.15) is 11.5 Å². The first kappa shape index (κ1) is 18.0. The van der Waals surface area contributed by atoms with E-state index in [2.05, 4.69) is 9.55 Å². The predicted octanol–water partition coefficient (Wildman–Crippen LogP) is 2.75. The Morgan fingerprint density at radius 2 is 1.93 bits per heavy atom. The van der Waals surface area contributed by atoms with Gasteiger partial charge in [0.15, 0.2) is 0 Å². The van der Waals surface area contributed by atoms with Crippen molar-refractivity contribution < 1.29 is 9.59 Å². The third-order valence-electron chi connectivity index (χ3n) is 6.09. The molecule has 2 amide bonds. The van der Waals surface area contributed by atoms with Crippen molar-refractivity contribution in [2.24, 2.45) is 0 Å². The molecule has 1 aromatic carbocycles. The Morgan fingerprint density at radius 1 is 1.14 bits per heavy atom. The number of nitrogens with zero attached hydrogens (tertiary/aromatic N) is 4. The number of aromatic amines is 1. The minimum absolute atomic E-state index is 0.0161. The Labute approximate surface area is 169 Å². The first-order chi connectivity index (χ1) is 14.1. The van der Waals surface area contributed by atoms with Gasteiger partial charge in [-0.15, -0.1) is 0 Å². The number of imidazole rings is 1. The van der Waals surface area contributed by atoms with Gasteiger partial charge in [0.2, 0.25) is 5.91 Å². The van der Waals surface area contributed by atoms with Crippen molar-refractivity contribution >= 4 is 22.7 Å². The SMILES string of the molecule is C[C@H]1c2nc(CC(=O)N3CCCC3)cn2CCN1C(=O)c1cc2ccccc2[nH]1. The van der Waals surface area contributed by atoms with Gasteiger partial charge in [-0.1, -0.05) is 18.2 Å². The van der Waals surface area contributed by atoms with Crippen molar-refractivity contribution in [1.29, 1.82) is 0 Å². The van der Waals surface area contributed by atoms with E-state index in [1.54, 1.807) is 0 Å². The third kappa shape index (κ3) is 3.20. The molecule has 2 aromatic heterocycles. The molecule has 2 aliphatic heterocycles. The number of para-hydroxylation sites is 1. The molecule has 1 atom stereocenters. The summed E-state index contributed by atoms with van der Waals surface area (Å²) in [4.78, 5) is 37.3. The second-order valence-electron chi connectivity index (χ2n) is 7.99. The van der Waals surface area contributed by atoms with E-state index >= 15 is 0 Å². The van der Waals surface area contributed by atoms with Crippen molar-refractivity contribution in [3.8, 4) is 0 Å². The summed E-state index contributed by atoms with van der Waals surface area (Å²) < 4.78 is 2.09. The number of nitrogens with one attached hydrogen (secondary N) is 1. The van der Waals surface area contributed by atoms with E-state index in [1.807, 2.05) is 53.3 Å². The largest absolute Gasteiger partial charge is 0.351 e. The van der Waals surface area contributed by atoms with Gasteiger partial charge < -0.3 is 19.4 Å². The molecule has 0 spiro atoms. The number of carbonyl (C=O) groups excluding carboxylic acids is 2. The first-order valence-corrected chi connectivity index (χ1v) is 10.3. The molecule has 0 aliphatic carbocycles. The fourth-order valence-electron chi connectivity index (χ4n) is 4.49. The summed E-state index contributed by atoms with van der Waals surface area (Å²) in [7, 11) is 0. The second kappa shape index (κ2) is 7.06. The molecule has 7 heteroatoms. The highest BCUT2D eigenvalue weighted by Gasteiger charge is 2.31. The Balaban J connectivity index is 1.34. The van der Waals surface area contributed by atoms with Crippen LogP contribution in [0.15, 0.2) is 36.5 Å². The highest BCUT2D eigenvalue weighted by atomic mass is 16.2. The number of rotatable bonds is 3. The summed E-state index contributed by atoms with van der Waals surface area (Å²) in [5.41, 5.74) is 2.36. The van der Waals surface area contributed by atoms with Crippen LogP contribution in [-0.2, 0) is 17.8 Å².